The molecule has 7 aromatic carbocycles. The van der Waals surface area contributed by atoms with Gasteiger partial charge in [0.2, 0.25) is 0 Å². The average molecular weight is 760 g/mol. The Labute approximate surface area is 346 Å². The van der Waals surface area contributed by atoms with Gasteiger partial charge in [-0.3, -0.25) is 4.99 Å². The molecule has 1 spiro atoms. The Bertz CT molecular complexity index is 3080. The fourth-order valence-electron chi connectivity index (χ4n) is 9.70. The van der Waals surface area contributed by atoms with Gasteiger partial charge in [0.25, 0.3) is 0 Å². The highest BCUT2D eigenvalue weighted by Gasteiger charge is 2.51. The van der Waals surface area contributed by atoms with Crippen LogP contribution in [0.15, 0.2) is 204 Å². The lowest BCUT2D eigenvalue weighted by Gasteiger charge is -2.32. The van der Waals surface area contributed by atoms with Crippen molar-refractivity contribution in [3.8, 4) is 11.1 Å². The lowest BCUT2D eigenvalue weighted by Crippen LogP contribution is -2.27. The quantitative estimate of drug-likeness (QED) is 0.135. The van der Waals surface area contributed by atoms with Crippen LogP contribution in [0.5, 0.6) is 0 Å². The molecule has 0 bridgehead atoms. The number of nitrogens with zero attached hydrogens (tertiary/aromatic N) is 1. The van der Waals surface area contributed by atoms with Crippen molar-refractivity contribution in [2.75, 3.05) is 0 Å². The predicted molar refractivity (Wildman–Crippen MR) is 250 cm³/mol. The molecule has 284 valence electrons. The van der Waals surface area contributed by atoms with Crippen molar-refractivity contribution in [3.05, 3.63) is 239 Å². The number of furan rings is 1. The molecule has 0 amide bonds. The summed E-state index contributed by atoms with van der Waals surface area (Å²) in [5.74, 6) is 0. The minimum absolute atomic E-state index is 0.513. The van der Waals surface area contributed by atoms with Crippen LogP contribution in [0.2, 0.25) is 0 Å². The van der Waals surface area contributed by atoms with Gasteiger partial charge in [0, 0.05) is 16.5 Å². The number of benzene rings is 7. The third kappa shape index (κ3) is 5.90. The van der Waals surface area contributed by atoms with E-state index in [1.807, 2.05) is 12.1 Å². The van der Waals surface area contributed by atoms with E-state index in [-0.39, 0.29) is 0 Å². The number of fused-ring (bicyclic) bond motifs is 10. The Morgan fingerprint density at radius 2 is 1.25 bits per heavy atom. The first-order valence-electron chi connectivity index (χ1n) is 20.7. The summed E-state index contributed by atoms with van der Waals surface area (Å²) in [7, 11) is 0. The van der Waals surface area contributed by atoms with Crippen molar-refractivity contribution in [1.82, 2.24) is 0 Å². The zero-order valence-corrected chi connectivity index (χ0v) is 33.8. The van der Waals surface area contributed by atoms with Crippen LogP contribution < -0.4 is 0 Å². The Morgan fingerprint density at radius 1 is 0.627 bits per heavy atom. The number of rotatable bonds is 9. The van der Waals surface area contributed by atoms with E-state index in [9.17, 15) is 0 Å². The van der Waals surface area contributed by atoms with Crippen molar-refractivity contribution < 1.29 is 4.42 Å². The summed E-state index contributed by atoms with van der Waals surface area (Å²) in [6.07, 6.45) is 6.19. The molecule has 2 aliphatic rings. The molecule has 0 N–H and O–H groups in total. The molecule has 0 saturated carbocycles. The van der Waals surface area contributed by atoms with Gasteiger partial charge in [0.15, 0.2) is 0 Å². The van der Waals surface area contributed by atoms with E-state index < -0.39 is 5.41 Å². The molecule has 0 aliphatic heterocycles. The maximum atomic E-state index is 6.36. The summed E-state index contributed by atoms with van der Waals surface area (Å²) in [5, 5.41) is 2.30. The molecule has 1 heterocycles. The van der Waals surface area contributed by atoms with Crippen molar-refractivity contribution in [1.29, 1.82) is 0 Å². The highest BCUT2D eigenvalue weighted by atomic mass is 16.3. The van der Waals surface area contributed by atoms with Crippen molar-refractivity contribution >= 4 is 50.1 Å². The van der Waals surface area contributed by atoms with Gasteiger partial charge in [0.1, 0.15) is 11.2 Å². The Morgan fingerprint density at radius 3 is 2.02 bits per heavy atom. The smallest absolute Gasteiger partial charge is 0.136 e. The van der Waals surface area contributed by atoms with Crippen molar-refractivity contribution in [2.45, 2.75) is 39.0 Å². The summed E-state index contributed by atoms with van der Waals surface area (Å²) in [6, 6.07) is 60.9. The van der Waals surface area contributed by atoms with Gasteiger partial charge in [-0.15, -0.1) is 0 Å². The Hall–Kier alpha value is -7.03. The molecule has 1 unspecified atom stereocenters. The topological polar surface area (TPSA) is 25.5 Å². The summed E-state index contributed by atoms with van der Waals surface area (Å²) in [6.45, 7) is 11.2. The third-order valence-corrected chi connectivity index (χ3v) is 12.5. The first-order valence-corrected chi connectivity index (χ1v) is 20.7. The zero-order chi connectivity index (χ0) is 40.1. The van der Waals surface area contributed by atoms with E-state index >= 15 is 0 Å². The van der Waals surface area contributed by atoms with E-state index in [1.54, 1.807) is 0 Å². The summed E-state index contributed by atoms with van der Waals surface area (Å²) in [5.41, 5.74) is 20.6. The second-order valence-corrected chi connectivity index (χ2v) is 15.8. The maximum Gasteiger partial charge on any atom is 0.136 e. The molecule has 2 nitrogen and oxygen atoms in total. The monoisotopic (exact) mass is 759 g/mol. The summed E-state index contributed by atoms with van der Waals surface area (Å²) >= 11 is 0. The van der Waals surface area contributed by atoms with Crippen LogP contribution in [-0.2, 0) is 5.41 Å². The molecule has 2 aliphatic carbocycles. The van der Waals surface area contributed by atoms with E-state index in [4.69, 9.17) is 9.41 Å². The van der Waals surface area contributed by atoms with Crippen LogP contribution in [0.1, 0.15) is 78.1 Å². The molecule has 1 atom stereocenters. The first kappa shape index (κ1) is 36.3. The van der Waals surface area contributed by atoms with Crippen LogP contribution in [0, 0.1) is 0 Å². The van der Waals surface area contributed by atoms with Gasteiger partial charge in [-0.25, -0.2) is 0 Å². The molecule has 59 heavy (non-hydrogen) atoms. The highest BCUT2D eigenvalue weighted by molar-refractivity contribution is 6.11. The number of hydrogen-bond donors (Lipinski definition) is 0. The summed E-state index contributed by atoms with van der Waals surface area (Å²) in [4.78, 5) is 5.51. The molecule has 2 heteroatoms. The zero-order valence-electron chi connectivity index (χ0n) is 33.8. The minimum atomic E-state index is -0.513. The normalized spacial score (nSPS) is 16.2. The van der Waals surface area contributed by atoms with Gasteiger partial charge in [0.05, 0.1) is 11.1 Å². The standard InChI is InChI=1S/C57H45NO/c1-5-52(58-53(41-21-10-7-11-22-41)34-31-37(2)40-19-8-6-9-20-40)42-32-33-46-45-24-13-16-28-49(45)57(51(46)36-42)48-27-15-12-23-44(48)39(4)50(57)35-38(3)43-26-18-30-55-56(43)47-25-14-17-29-54(47)59-55/h6-30,32-36H,2,5,31H2,1,3-4H3/b38-35+,53-34-,58-52?. The molecule has 0 fully saturated rings. The van der Waals surface area contributed by atoms with Gasteiger partial charge in [-0.1, -0.05) is 177 Å². The molecule has 0 radical (unpaired) electrons. The number of aliphatic imine (C=N–C) groups is 1. The lowest BCUT2D eigenvalue weighted by molar-refractivity contribution is 0.669. The predicted octanol–water partition coefficient (Wildman–Crippen LogP) is 15.1. The molecule has 10 rings (SSSR count). The van der Waals surface area contributed by atoms with E-state index in [1.165, 1.54) is 55.7 Å². The van der Waals surface area contributed by atoms with Crippen molar-refractivity contribution in [3.63, 3.8) is 0 Å². The average Bonchev–Trinajstić information content (AvgIpc) is 3.90. The van der Waals surface area contributed by atoms with Gasteiger partial charge >= 0.3 is 0 Å². The SMILES string of the molecule is C=C(C/C=C(\N=C(CC)c1ccc2c(c1)C1(C(/C=C(\C)c3cccc4oc5ccccc5c34)=C(C)c3ccccc31)c1ccccc1-2)c1ccccc1)c1ccccc1. The fourth-order valence-corrected chi connectivity index (χ4v) is 9.70. The molecular weight excluding hydrogens is 715 g/mol. The Balaban J connectivity index is 1.16. The minimum Gasteiger partial charge on any atom is -0.456 e. The largest absolute Gasteiger partial charge is 0.456 e. The van der Waals surface area contributed by atoms with Crippen LogP contribution in [0.3, 0.4) is 0 Å². The van der Waals surface area contributed by atoms with E-state index in [2.05, 4.69) is 197 Å². The van der Waals surface area contributed by atoms with Crippen LogP contribution >= 0.6 is 0 Å². The highest BCUT2D eigenvalue weighted by Crippen LogP contribution is 2.62. The van der Waals surface area contributed by atoms with Gasteiger partial charge in [-0.2, -0.15) is 0 Å². The fraction of sp³-hybridized carbons (Fsp3) is 0.105. The van der Waals surface area contributed by atoms with E-state index in [0.29, 0.717) is 6.42 Å². The second kappa shape index (κ2) is 14.7. The first-order chi connectivity index (χ1) is 29.0. The molecule has 8 aromatic rings. The van der Waals surface area contributed by atoms with Crippen LogP contribution in [0.25, 0.3) is 55.5 Å². The number of allylic oxidation sites excluding steroid dienone is 6. The van der Waals surface area contributed by atoms with Gasteiger partial charge < -0.3 is 4.42 Å². The number of hydrogen-bond acceptors (Lipinski definition) is 2. The Kier molecular flexibility index (Phi) is 9.06. The van der Waals surface area contributed by atoms with Crippen LogP contribution in [-0.4, -0.2) is 5.71 Å². The van der Waals surface area contributed by atoms with Crippen LogP contribution in [0.4, 0.5) is 0 Å². The third-order valence-electron chi connectivity index (χ3n) is 12.5. The molecular formula is C57H45NO. The molecule has 0 saturated heterocycles. The number of para-hydroxylation sites is 1. The lowest BCUT2D eigenvalue weighted by atomic mass is 9.69. The molecule has 1 aromatic heterocycles. The summed E-state index contributed by atoms with van der Waals surface area (Å²) < 4.78 is 6.36. The second-order valence-electron chi connectivity index (χ2n) is 15.8. The van der Waals surface area contributed by atoms with Crippen molar-refractivity contribution in [2.24, 2.45) is 4.99 Å². The van der Waals surface area contributed by atoms with E-state index in [0.717, 1.165) is 62.0 Å². The van der Waals surface area contributed by atoms with Gasteiger partial charge in [-0.05, 0) is 123 Å². The maximum absolute atomic E-state index is 6.36.